The van der Waals surface area contributed by atoms with Crippen LogP contribution in [0, 0.1) is 46.3 Å². The molecule has 0 saturated heterocycles. The lowest BCUT2D eigenvalue weighted by Gasteiger charge is -2.62. The Balaban J connectivity index is 1.47. The van der Waals surface area contributed by atoms with E-state index >= 15 is 0 Å². The number of fused-ring (bicyclic) bond motifs is 5. The van der Waals surface area contributed by atoms with Crippen molar-refractivity contribution in [1.29, 1.82) is 0 Å². The van der Waals surface area contributed by atoms with Crippen LogP contribution in [-0.2, 0) is 19.1 Å². The third-order valence-corrected chi connectivity index (χ3v) is 16.4. The Labute approximate surface area is 311 Å². The fourth-order valence-electron chi connectivity index (χ4n) is 10.9. The molecule has 4 fully saturated rings. The number of nitrogens with zero attached hydrogens (tertiary/aromatic N) is 2. The number of carbonyl (C=O) groups excluding carboxylic acids is 2. The normalized spacial score (nSPS) is 34.6. The highest BCUT2D eigenvalue weighted by atomic mass is 32.2. The van der Waals surface area contributed by atoms with Crippen LogP contribution in [0.1, 0.15) is 120 Å². The van der Waals surface area contributed by atoms with Crippen molar-refractivity contribution in [3.63, 3.8) is 0 Å². The van der Waals surface area contributed by atoms with Gasteiger partial charge in [0.05, 0.1) is 11.5 Å². The van der Waals surface area contributed by atoms with Gasteiger partial charge >= 0.3 is 11.9 Å². The summed E-state index contributed by atoms with van der Waals surface area (Å²) in [6.07, 6.45) is 11.2. The second-order valence-corrected chi connectivity index (χ2v) is 18.7. The van der Waals surface area contributed by atoms with E-state index in [1.165, 1.54) is 62.0 Å². The van der Waals surface area contributed by atoms with E-state index in [1.54, 1.807) is 0 Å². The van der Waals surface area contributed by atoms with Gasteiger partial charge in [0.1, 0.15) is 20.8 Å². The number of rotatable bonds is 13. The summed E-state index contributed by atoms with van der Waals surface area (Å²) in [5, 5.41) is 0. The standard InChI is InChI=1S/C38H64N2O4S4/c1-9-14-25(6)29-17-18-30-28-16-15-26-21-27(43-33(41)23-47-35(45)39(10-2)11-3)19-20-37(26,7)31(28)22-32(38(29,30)8)44-34(42)24-48-36(46)40(12-4)13-5/h25-32H,9-24H2,1-8H3/t25-,26-,27-,28+,29-,30+,31+,32+,37+,38-/m1/s1. The van der Waals surface area contributed by atoms with Crippen molar-refractivity contribution < 1.29 is 19.1 Å². The molecule has 0 aromatic heterocycles. The fraction of sp³-hybridized carbons (Fsp3) is 0.895. The minimum atomic E-state index is -0.145. The van der Waals surface area contributed by atoms with Gasteiger partial charge in [0.15, 0.2) is 0 Å². The van der Waals surface area contributed by atoms with Gasteiger partial charge in [-0.15, -0.1) is 0 Å². The van der Waals surface area contributed by atoms with Gasteiger partial charge in [-0.05, 0) is 120 Å². The van der Waals surface area contributed by atoms with Crippen molar-refractivity contribution in [2.75, 3.05) is 37.7 Å². The molecular weight excluding hydrogens is 677 g/mol. The van der Waals surface area contributed by atoms with E-state index in [2.05, 4.69) is 65.2 Å². The van der Waals surface area contributed by atoms with Crippen molar-refractivity contribution in [2.24, 2.45) is 46.3 Å². The minimum absolute atomic E-state index is 0.00870. The average Bonchev–Trinajstić information content (AvgIpc) is 3.43. The van der Waals surface area contributed by atoms with Crippen LogP contribution < -0.4 is 0 Å². The number of carbonyl (C=O) groups is 2. The number of ether oxygens (including phenoxy) is 2. The number of thiocarbonyl (C=S) groups is 2. The van der Waals surface area contributed by atoms with Gasteiger partial charge in [0, 0.05) is 31.6 Å². The maximum absolute atomic E-state index is 13.6. The van der Waals surface area contributed by atoms with Crippen molar-refractivity contribution in [2.45, 2.75) is 132 Å². The Morgan fingerprint density at radius 3 is 1.94 bits per heavy atom. The fourth-order valence-corrected chi connectivity index (χ4v) is 13.2. The molecule has 274 valence electrons. The minimum Gasteiger partial charge on any atom is -0.462 e. The predicted octanol–water partition coefficient (Wildman–Crippen LogP) is 9.23. The molecule has 0 spiro atoms. The third-order valence-electron chi connectivity index (χ3n) is 13.4. The highest BCUT2D eigenvalue weighted by Gasteiger charge is 2.65. The Morgan fingerprint density at radius 2 is 1.38 bits per heavy atom. The van der Waals surface area contributed by atoms with Crippen molar-refractivity contribution in [3.05, 3.63) is 0 Å². The zero-order valence-corrected chi connectivity index (χ0v) is 34.4. The highest BCUT2D eigenvalue weighted by molar-refractivity contribution is 8.23. The number of hydrogen-bond acceptors (Lipinski definition) is 8. The molecule has 0 radical (unpaired) electrons. The number of hydrogen-bond donors (Lipinski definition) is 0. The monoisotopic (exact) mass is 740 g/mol. The second-order valence-electron chi connectivity index (χ2n) is 15.5. The van der Waals surface area contributed by atoms with Crippen LogP contribution >= 0.6 is 48.0 Å². The molecule has 0 aromatic carbocycles. The summed E-state index contributed by atoms with van der Waals surface area (Å²) in [5.41, 5.74) is 0.178. The van der Waals surface area contributed by atoms with Gasteiger partial charge in [-0.25, -0.2) is 0 Å². The molecule has 0 unspecified atom stereocenters. The number of thioether (sulfide) groups is 2. The Morgan fingerprint density at radius 1 is 0.792 bits per heavy atom. The summed E-state index contributed by atoms with van der Waals surface area (Å²) >= 11 is 14.1. The molecule has 4 saturated carbocycles. The molecule has 10 atom stereocenters. The molecule has 10 heteroatoms. The Hall–Kier alpha value is -0.580. The topological polar surface area (TPSA) is 59.1 Å². The van der Waals surface area contributed by atoms with E-state index < -0.39 is 0 Å². The van der Waals surface area contributed by atoms with Crippen molar-refractivity contribution in [3.8, 4) is 0 Å². The maximum Gasteiger partial charge on any atom is 0.316 e. The van der Waals surface area contributed by atoms with Crippen LogP contribution in [0.25, 0.3) is 0 Å². The van der Waals surface area contributed by atoms with Gasteiger partial charge in [-0.2, -0.15) is 0 Å². The van der Waals surface area contributed by atoms with Crippen LogP contribution in [0.4, 0.5) is 0 Å². The molecule has 0 bridgehead atoms. The molecule has 0 aromatic rings. The first-order valence-electron chi connectivity index (χ1n) is 19.1. The van der Waals surface area contributed by atoms with E-state index in [0.29, 0.717) is 35.5 Å². The highest BCUT2D eigenvalue weighted by Crippen LogP contribution is 2.69. The second kappa shape index (κ2) is 17.8. The summed E-state index contributed by atoms with van der Waals surface area (Å²) < 4.78 is 14.3. The van der Waals surface area contributed by atoms with Crippen LogP contribution in [0.5, 0.6) is 0 Å². The van der Waals surface area contributed by atoms with E-state index in [0.717, 1.165) is 60.5 Å². The summed E-state index contributed by atoms with van der Waals surface area (Å²) in [6.45, 7) is 21.5. The van der Waals surface area contributed by atoms with E-state index in [4.69, 9.17) is 33.9 Å². The molecule has 4 rings (SSSR count). The first-order chi connectivity index (χ1) is 22.9. The summed E-state index contributed by atoms with van der Waals surface area (Å²) in [4.78, 5) is 30.7. The third kappa shape index (κ3) is 8.54. The van der Waals surface area contributed by atoms with Crippen LogP contribution in [0.2, 0.25) is 0 Å². The number of esters is 2. The van der Waals surface area contributed by atoms with E-state index in [1.807, 2.05) is 0 Å². The Kier molecular flexibility index (Phi) is 14.9. The molecule has 4 aliphatic carbocycles. The van der Waals surface area contributed by atoms with Crippen molar-refractivity contribution in [1.82, 2.24) is 9.80 Å². The Bertz CT molecular complexity index is 1130. The maximum atomic E-state index is 13.6. The lowest BCUT2D eigenvalue weighted by atomic mass is 9.43. The smallest absolute Gasteiger partial charge is 0.316 e. The van der Waals surface area contributed by atoms with Crippen LogP contribution in [0.3, 0.4) is 0 Å². The van der Waals surface area contributed by atoms with Crippen molar-refractivity contribution >= 4 is 68.5 Å². The molecule has 0 heterocycles. The van der Waals surface area contributed by atoms with Gasteiger partial charge < -0.3 is 19.3 Å². The zero-order chi connectivity index (χ0) is 35.2. The molecule has 48 heavy (non-hydrogen) atoms. The van der Waals surface area contributed by atoms with Gasteiger partial charge in [0.2, 0.25) is 0 Å². The molecule has 0 amide bonds. The zero-order valence-electron chi connectivity index (χ0n) is 31.1. The molecule has 0 aliphatic heterocycles. The van der Waals surface area contributed by atoms with Crippen LogP contribution in [0.15, 0.2) is 0 Å². The average molecular weight is 741 g/mol. The van der Waals surface area contributed by atoms with Gasteiger partial charge in [-0.3, -0.25) is 9.59 Å². The largest absolute Gasteiger partial charge is 0.462 e. The van der Waals surface area contributed by atoms with Gasteiger partial charge in [-0.1, -0.05) is 88.5 Å². The van der Waals surface area contributed by atoms with E-state index in [-0.39, 0.29) is 46.5 Å². The lowest BCUT2D eigenvalue weighted by molar-refractivity contribution is -0.197. The summed E-state index contributed by atoms with van der Waals surface area (Å²) in [5.74, 6) is 3.81. The quantitative estimate of drug-likeness (QED) is 0.135. The first kappa shape index (κ1) is 40.2. The molecule has 4 aliphatic rings. The molecule has 6 nitrogen and oxygen atoms in total. The molecule has 0 N–H and O–H groups in total. The SMILES string of the molecule is CCC[C@@H](C)[C@H]1CC[C@H]2[C@@H]3CC[C@@H]4C[C@H](OC(=O)CSC(=S)N(CC)CC)CC[C@]4(C)[C@H]3C[C@H](OC(=O)CSC(=S)N(CC)CC)[C@]12C. The van der Waals surface area contributed by atoms with Crippen LogP contribution in [-0.4, -0.2) is 80.3 Å². The molecular formula is C38H64N2O4S4. The lowest BCUT2D eigenvalue weighted by Crippen LogP contribution is -2.59. The van der Waals surface area contributed by atoms with E-state index in [9.17, 15) is 9.59 Å². The summed E-state index contributed by atoms with van der Waals surface area (Å²) in [6, 6.07) is 0. The van der Waals surface area contributed by atoms with Gasteiger partial charge in [0.25, 0.3) is 0 Å². The summed E-state index contributed by atoms with van der Waals surface area (Å²) in [7, 11) is 0. The first-order valence-corrected chi connectivity index (χ1v) is 21.9. The predicted molar refractivity (Wildman–Crippen MR) is 210 cm³/mol.